The van der Waals surface area contributed by atoms with Crippen molar-refractivity contribution in [2.75, 3.05) is 0 Å². The summed E-state index contributed by atoms with van der Waals surface area (Å²) in [5.41, 5.74) is 10.5. The molecular formula is C10H18N2O. The van der Waals surface area contributed by atoms with Crippen LogP contribution in [0.2, 0.25) is 0 Å². The maximum absolute atomic E-state index is 11.0. The zero-order valence-electron chi connectivity index (χ0n) is 7.96. The van der Waals surface area contributed by atoms with Crippen LogP contribution >= 0.6 is 0 Å². The van der Waals surface area contributed by atoms with E-state index < -0.39 is 5.54 Å². The topological polar surface area (TPSA) is 69.1 Å². The van der Waals surface area contributed by atoms with Gasteiger partial charge in [-0.15, -0.1) is 0 Å². The Hall–Kier alpha value is -0.570. The van der Waals surface area contributed by atoms with Crippen LogP contribution in [0.15, 0.2) is 0 Å². The summed E-state index contributed by atoms with van der Waals surface area (Å²) in [6.07, 6.45) is 7.27. The predicted octanol–water partition coefficient (Wildman–Crippen LogP) is 0.769. The molecule has 0 aromatic heterocycles. The van der Waals surface area contributed by atoms with Crippen molar-refractivity contribution in [2.24, 2.45) is 23.3 Å². The van der Waals surface area contributed by atoms with Crippen LogP contribution < -0.4 is 11.5 Å². The number of primary amides is 1. The number of nitrogens with two attached hydrogens (primary N) is 2. The highest BCUT2D eigenvalue weighted by Gasteiger charge is 2.58. The lowest BCUT2D eigenvalue weighted by atomic mass is 9.84. The molecule has 4 N–H and O–H groups in total. The fourth-order valence-corrected chi connectivity index (χ4v) is 2.71. The maximum Gasteiger partial charge on any atom is 0.237 e. The average Bonchev–Trinajstić information content (AvgIpc) is 2.81. The third-order valence-electron chi connectivity index (χ3n) is 3.74. The Bertz CT molecular complexity index is 223. The second-order valence-electron chi connectivity index (χ2n) is 4.61. The van der Waals surface area contributed by atoms with Gasteiger partial charge in [0.05, 0.1) is 5.54 Å². The molecule has 0 heterocycles. The molecule has 13 heavy (non-hydrogen) atoms. The molecule has 2 saturated carbocycles. The minimum absolute atomic E-state index is 0.303. The van der Waals surface area contributed by atoms with Crippen molar-refractivity contribution in [3.8, 4) is 0 Å². The maximum atomic E-state index is 11.0. The molecule has 0 bridgehead atoms. The molecule has 2 fully saturated rings. The summed E-state index contributed by atoms with van der Waals surface area (Å²) in [6, 6.07) is 0. The first kappa shape index (κ1) is 9.00. The van der Waals surface area contributed by atoms with Crippen LogP contribution in [-0.2, 0) is 4.79 Å². The number of hydrogen-bond acceptors (Lipinski definition) is 2. The van der Waals surface area contributed by atoms with Gasteiger partial charge in [0.2, 0.25) is 5.91 Å². The second kappa shape index (κ2) is 2.98. The number of rotatable bonds is 2. The third-order valence-corrected chi connectivity index (χ3v) is 3.74. The molecular weight excluding hydrogens is 164 g/mol. The Labute approximate surface area is 78.9 Å². The van der Waals surface area contributed by atoms with Crippen LogP contribution in [0.25, 0.3) is 0 Å². The van der Waals surface area contributed by atoms with Crippen molar-refractivity contribution in [3.05, 3.63) is 0 Å². The fourth-order valence-electron chi connectivity index (χ4n) is 2.71. The van der Waals surface area contributed by atoms with Crippen molar-refractivity contribution in [1.29, 1.82) is 0 Å². The van der Waals surface area contributed by atoms with Gasteiger partial charge in [0.1, 0.15) is 0 Å². The van der Waals surface area contributed by atoms with E-state index in [4.69, 9.17) is 11.5 Å². The minimum Gasteiger partial charge on any atom is -0.368 e. The summed E-state index contributed by atoms with van der Waals surface area (Å²) in [5, 5.41) is 0. The Morgan fingerprint density at radius 2 is 1.85 bits per heavy atom. The van der Waals surface area contributed by atoms with Gasteiger partial charge in [-0.2, -0.15) is 0 Å². The zero-order valence-corrected chi connectivity index (χ0v) is 7.96. The summed E-state index contributed by atoms with van der Waals surface area (Å²) < 4.78 is 0. The monoisotopic (exact) mass is 182 g/mol. The van der Waals surface area contributed by atoms with E-state index in [2.05, 4.69) is 0 Å². The molecule has 3 heteroatoms. The summed E-state index contributed by atoms with van der Waals surface area (Å²) in [6.45, 7) is 0. The van der Waals surface area contributed by atoms with E-state index in [0.29, 0.717) is 11.8 Å². The van der Waals surface area contributed by atoms with Gasteiger partial charge in [-0.3, -0.25) is 4.79 Å². The third kappa shape index (κ3) is 1.46. The minimum atomic E-state index is -0.637. The number of carbonyl (C=O) groups is 1. The Balaban J connectivity index is 1.94. The van der Waals surface area contributed by atoms with Crippen molar-refractivity contribution in [2.45, 2.75) is 44.1 Å². The van der Waals surface area contributed by atoms with Gasteiger partial charge in [0, 0.05) is 0 Å². The van der Waals surface area contributed by atoms with Crippen LogP contribution in [0.1, 0.15) is 38.5 Å². The Kier molecular flexibility index (Phi) is 2.06. The smallest absolute Gasteiger partial charge is 0.237 e. The van der Waals surface area contributed by atoms with Crippen LogP contribution in [0.3, 0.4) is 0 Å². The second-order valence-corrected chi connectivity index (χ2v) is 4.61. The standard InChI is InChI=1S/C10H18N2O/c11-9(13)10(12)6-8(10)7-4-2-1-3-5-7/h7-8H,1-6,12H2,(H2,11,13)/t8-,10+/m1/s1. The lowest BCUT2D eigenvalue weighted by molar-refractivity contribution is -0.120. The molecule has 1 amide bonds. The molecule has 3 nitrogen and oxygen atoms in total. The molecule has 0 saturated heterocycles. The molecule has 2 rings (SSSR count). The molecule has 2 atom stereocenters. The van der Waals surface area contributed by atoms with Gasteiger partial charge < -0.3 is 11.5 Å². The van der Waals surface area contributed by atoms with Gasteiger partial charge in [-0.1, -0.05) is 32.1 Å². The lowest BCUT2D eigenvalue weighted by Crippen LogP contribution is -2.42. The molecule has 0 aromatic rings. The Morgan fingerprint density at radius 1 is 1.23 bits per heavy atom. The predicted molar refractivity (Wildman–Crippen MR) is 50.8 cm³/mol. The van der Waals surface area contributed by atoms with Crippen molar-refractivity contribution >= 4 is 5.91 Å². The van der Waals surface area contributed by atoms with Gasteiger partial charge in [0.15, 0.2) is 0 Å². The highest BCUT2D eigenvalue weighted by molar-refractivity contribution is 5.88. The van der Waals surface area contributed by atoms with E-state index in [1.165, 1.54) is 32.1 Å². The van der Waals surface area contributed by atoms with E-state index in [1.807, 2.05) is 0 Å². The fraction of sp³-hybridized carbons (Fsp3) is 0.900. The van der Waals surface area contributed by atoms with Crippen LogP contribution in [0.5, 0.6) is 0 Å². The van der Waals surface area contributed by atoms with Crippen molar-refractivity contribution in [3.63, 3.8) is 0 Å². The molecule has 0 spiro atoms. The molecule has 74 valence electrons. The quantitative estimate of drug-likeness (QED) is 0.662. The molecule has 2 aliphatic rings. The number of carbonyl (C=O) groups excluding carboxylic acids is 1. The molecule has 0 unspecified atom stereocenters. The van der Waals surface area contributed by atoms with E-state index in [0.717, 1.165) is 6.42 Å². The molecule has 2 aliphatic carbocycles. The summed E-state index contributed by atoms with van der Waals surface area (Å²) in [5.74, 6) is 0.764. The number of hydrogen-bond donors (Lipinski definition) is 2. The molecule has 0 radical (unpaired) electrons. The van der Waals surface area contributed by atoms with Gasteiger partial charge in [-0.05, 0) is 18.3 Å². The van der Waals surface area contributed by atoms with Gasteiger partial charge in [0.25, 0.3) is 0 Å². The SMILES string of the molecule is NC(=O)[C@]1(N)C[C@@H]1C1CCCCC1. The van der Waals surface area contributed by atoms with E-state index in [9.17, 15) is 4.79 Å². The van der Waals surface area contributed by atoms with Gasteiger partial charge in [-0.25, -0.2) is 0 Å². The number of amides is 1. The first-order valence-corrected chi connectivity index (χ1v) is 5.23. The first-order chi connectivity index (χ1) is 6.14. The molecule has 0 aliphatic heterocycles. The van der Waals surface area contributed by atoms with Crippen LogP contribution in [0, 0.1) is 11.8 Å². The average molecular weight is 182 g/mol. The highest BCUT2D eigenvalue weighted by atomic mass is 16.1. The normalized spacial score (nSPS) is 40.2. The van der Waals surface area contributed by atoms with Crippen LogP contribution in [-0.4, -0.2) is 11.4 Å². The van der Waals surface area contributed by atoms with E-state index in [1.54, 1.807) is 0 Å². The van der Waals surface area contributed by atoms with E-state index >= 15 is 0 Å². The van der Waals surface area contributed by atoms with Crippen molar-refractivity contribution in [1.82, 2.24) is 0 Å². The summed E-state index contributed by atoms with van der Waals surface area (Å²) >= 11 is 0. The van der Waals surface area contributed by atoms with Crippen LogP contribution in [0.4, 0.5) is 0 Å². The summed E-state index contributed by atoms with van der Waals surface area (Å²) in [4.78, 5) is 11.0. The largest absolute Gasteiger partial charge is 0.368 e. The Morgan fingerprint density at radius 3 is 2.31 bits per heavy atom. The van der Waals surface area contributed by atoms with Gasteiger partial charge >= 0.3 is 0 Å². The highest BCUT2D eigenvalue weighted by Crippen LogP contribution is 2.50. The molecule has 0 aromatic carbocycles. The van der Waals surface area contributed by atoms with Crippen molar-refractivity contribution < 1.29 is 4.79 Å². The lowest BCUT2D eigenvalue weighted by Gasteiger charge is -2.22. The first-order valence-electron chi connectivity index (χ1n) is 5.23. The van der Waals surface area contributed by atoms with E-state index in [-0.39, 0.29) is 5.91 Å². The summed E-state index contributed by atoms with van der Waals surface area (Å²) in [7, 11) is 0. The zero-order chi connectivity index (χ0) is 9.47.